The summed E-state index contributed by atoms with van der Waals surface area (Å²) in [5, 5.41) is 3.09. The average Bonchev–Trinajstić information content (AvgIpc) is 3.43. The van der Waals surface area contributed by atoms with Crippen LogP contribution < -0.4 is 21.4 Å². The van der Waals surface area contributed by atoms with E-state index in [-0.39, 0.29) is 40.3 Å². The molecule has 1 aliphatic carbocycles. The van der Waals surface area contributed by atoms with Gasteiger partial charge in [-0.15, -0.1) is 0 Å². The summed E-state index contributed by atoms with van der Waals surface area (Å²) in [4.78, 5) is 26.4. The van der Waals surface area contributed by atoms with E-state index < -0.39 is 28.5 Å². The number of Topliss-reactive ketones (excluding diaryl/α,β-unsaturated/α-hetero) is 1. The fourth-order valence-corrected chi connectivity index (χ4v) is 4.23. The van der Waals surface area contributed by atoms with Crippen molar-refractivity contribution in [2.45, 2.75) is 51.7 Å². The maximum atomic E-state index is 15.7. The Morgan fingerprint density at radius 1 is 1.18 bits per heavy atom. The third-order valence-corrected chi connectivity index (χ3v) is 5.56. The second kappa shape index (κ2) is 6.55. The Bertz CT molecular complexity index is 1040. The molecule has 2 aromatic rings. The number of ketones is 1. The fourth-order valence-electron chi connectivity index (χ4n) is 4.23. The minimum absolute atomic E-state index is 0.00904. The molecule has 2 heterocycles. The van der Waals surface area contributed by atoms with Gasteiger partial charge < -0.3 is 20.5 Å². The van der Waals surface area contributed by atoms with Gasteiger partial charge in [-0.05, 0) is 33.6 Å². The van der Waals surface area contributed by atoms with Gasteiger partial charge in [0.15, 0.2) is 17.4 Å². The molecule has 2 aliphatic rings. The topological polar surface area (TPSA) is 80.4 Å². The van der Waals surface area contributed by atoms with Crippen LogP contribution in [0.15, 0.2) is 11.0 Å². The van der Waals surface area contributed by atoms with Crippen molar-refractivity contribution < 1.29 is 13.6 Å². The molecule has 0 amide bonds. The van der Waals surface area contributed by atoms with Gasteiger partial charge in [-0.25, -0.2) is 8.78 Å². The molecular weight excluding hydrogens is 366 g/mol. The molecule has 28 heavy (non-hydrogen) atoms. The fraction of sp³-hybridized carbons (Fsp3) is 0.500. The van der Waals surface area contributed by atoms with Crippen molar-refractivity contribution in [3.8, 4) is 0 Å². The van der Waals surface area contributed by atoms with Gasteiger partial charge >= 0.3 is 0 Å². The van der Waals surface area contributed by atoms with Crippen LogP contribution in [-0.4, -0.2) is 35.5 Å². The molecule has 2 atom stereocenters. The lowest BCUT2D eigenvalue weighted by Gasteiger charge is -2.38. The molecule has 2 fully saturated rings. The molecule has 1 saturated carbocycles. The third-order valence-electron chi connectivity index (χ3n) is 5.56. The summed E-state index contributed by atoms with van der Waals surface area (Å²) in [5.41, 5.74) is 4.60. The number of halogens is 2. The van der Waals surface area contributed by atoms with Crippen molar-refractivity contribution in [3.63, 3.8) is 0 Å². The Hall–Kier alpha value is -2.48. The highest BCUT2D eigenvalue weighted by Crippen LogP contribution is 2.41. The molecular formula is C20H24F2N4O2. The van der Waals surface area contributed by atoms with Gasteiger partial charge in [0.1, 0.15) is 5.69 Å². The van der Waals surface area contributed by atoms with Crippen LogP contribution in [-0.2, 0) is 0 Å². The number of nitrogens with two attached hydrogens (primary N) is 1. The number of nitrogens with one attached hydrogen (secondary N) is 1. The number of fused-ring (bicyclic) bond motifs is 1. The van der Waals surface area contributed by atoms with Crippen LogP contribution in [0.2, 0.25) is 0 Å². The standard InChI is InChI=1S/C20H24F2N4O2/c1-9-6-25(7-10(2)24-9)19-15(21)17(23)14-18(16(19)22)26(12-4-5-12)8-13(11(3)27)20(14)28/h8-10,12,24H,4-7,23H2,1-3H3/t9-,10+. The van der Waals surface area contributed by atoms with E-state index in [2.05, 4.69) is 5.32 Å². The number of pyridine rings is 1. The second-order valence-corrected chi connectivity index (χ2v) is 8.05. The highest BCUT2D eigenvalue weighted by molar-refractivity contribution is 6.01. The van der Waals surface area contributed by atoms with Crippen LogP contribution in [0.4, 0.5) is 20.2 Å². The molecule has 0 bridgehead atoms. The van der Waals surface area contributed by atoms with E-state index in [1.165, 1.54) is 13.1 Å². The molecule has 0 spiro atoms. The number of rotatable bonds is 3. The molecule has 1 aromatic heterocycles. The zero-order valence-electron chi connectivity index (χ0n) is 16.2. The predicted octanol–water partition coefficient (Wildman–Crippen LogP) is 2.59. The Labute approximate surface area is 161 Å². The van der Waals surface area contributed by atoms with E-state index in [1.807, 2.05) is 13.8 Å². The molecule has 4 rings (SSSR count). The maximum Gasteiger partial charge on any atom is 0.202 e. The van der Waals surface area contributed by atoms with Gasteiger partial charge in [0, 0.05) is 37.4 Å². The Morgan fingerprint density at radius 3 is 2.32 bits per heavy atom. The highest BCUT2D eigenvalue weighted by Gasteiger charge is 2.34. The van der Waals surface area contributed by atoms with Crippen LogP contribution >= 0.6 is 0 Å². The smallest absolute Gasteiger partial charge is 0.202 e. The first-order valence-electron chi connectivity index (χ1n) is 9.57. The van der Waals surface area contributed by atoms with Gasteiger partial charge in [-0.3, -0.25) is 9.59 Å². The van der Waals surface area contributed by atoms with E-state index in [0.29, 0.717) is 13.1 Å². The highest BCUT2D eigenvalue weighted by atomic mass is 19.1. The van der Waals surface area contributed by atoms with Crippen LogP contribution in [0.5, 0.6) is 0 Å². The van der Waals surface area contributed by atoms with Crippen molar-refractivity contribution in [2.75, 3.05) is 23.7 Å². The lowest BCUT2D eigenvalue weighted by atomic mass is 10.0. The quantitative estimate of drug-likeness (QED) is 0.622. The summed E-state index contributed by atoms with van der Waals surface area (Å²) in [7, 11) is 0. The lowest BCUT2D eigenvalue weighted by Crippen LogP contribution is -2.54. The number of carbonyl (C=O) groups excluding carboxylic acids is 1. The maximum absolute atomic E-state index is 15.7. The molecule has 1 aromatic carbocycles. The van der Waals surface area contributed by atoms with Crippen LogP contribution in [0.25, 0.3) is 10.9 Å². The summed E-state index contributed by atoms with van der Waals surface area (Å²) in [6, 6.07) is 0.0738. The second-order valence-electron chi connectivity index (χ2n) is 8.05. The third kappa shape index (κ3) is 2.87. The first-order chi connectivity index (χ1) is 13.2. The van der Waals surface area contributed by atoms with Gasteiger partial charge in [-0.2, -0.15) is 0 Å². The number of nitrogen functional groups attached to an aromatic ring is 1. The number of piperazine rings is 1. The monoisotopic (exact) mass is 390 g/mol. The zero-order chi connectivity index (χ0) is 20.3. The number of carbonyl (C=O) groups is 1. The average molecular weight is 390 g/mol. The number of hydrogen-bond acceptors (Lipinski definition) is 5. The van der Waals surface area contributed by atoms with Crippen LogP contribution in [0.3, 0.4) is 0 Å². The summed E-state index contributed by atoms with van der Waals surface area (Å²) in [6.45, 7) is 6.00. The van der Waals surface area contributed by atoms with E-state index >= 15 is 8.78 Å². The lowest BCUT2D eigenvalue weighted by molar-refractivity contribution is 0.101. The molecule has 0 radical (unpaired) electrons. The summed E-state index contributed by atoms with van der Waals surface area (Å²) < 4.78 is 32.5. The molecule has 6 nitrogen and oxygen atoms in total. The largest absolute Gasteiger partial charge is 0.396 e. The van der Waals surface area contributed by atoms with E-state index in [1.54, 1.807) is 9.47 Å². The van der Waals surface area contributed by atoms with Crippen LogP contribution in [0.1, 0.15) is 50.0 Å². The predicted molar refractivity (Wildman–Crippen MR) is 105 cm³/mol. The number of nitrogens with zero attached hydrogens (tertiary/aromatic N) is 2. The van der Waals surface area contributed by atoms with E-state index in [0.717, 1.165) is 12.8 Å². The SMILES string of the molecule is CC(=O)c1cn(C2CC2)c2c(F)c(N3C[C@@H](C)N[C@@H](C)C3)c(F)c(N)c2c1=O. The molecule has 3 N–H and O–H groups in total. The van der Waals surface area contributed by atoms with Crippen molar-refractivity contribution >= 4 is 28.1 Å². The number of aromatic nitrogens is 1. The summed E-state index contributed by atoms with van der Waals surface area (Å²) in [5.74, 6) is -2.18. The van der Waals surface area contributed by atoms with Crippen molar-refractivity contribution in [2.24, 2.45) is 0 Å². The first-order valence-corrected chi connectivity index (χ1v) is 9.57. The zero-order valence-corrected chi connectivity index (χ0v) is 16.2. The number of hydrogen-bond donors (Lipinski definition) is 2. The van der Waals surface area contributed by atoms with E-state index in [9.17, 15) is 9.59 Å². The Kier molecular flexibility index (Phi) is 4.41. The normalized spacial score (nSPS) is 22.7. The van der Waals surface area contributed by atoms with Crippen molar-refractivity contribution in [3.05, 3.63) is 33.6 Å². The van der Waals surface area contributed by atoms with Gasteiger partial charge in [0.2, 0.25) is 5.43 Å². The minimum Gasteiger partial charge on any atom is -0.396 e. The first kappa shape index (κ1) is 18.9. The van der Waals surface area contributed by atoms with Gasteiger partial charge in [-0.1, -0.05) is 0 Å². The molecule has 150 valence electrons. The minimum atomic E-state index is -0.938. The van der Waals surface area contributed by atoms with Crippen LogP contribution in [0, 0.1) is 11.6 Å². The van der Waals surface area contributed by atoms with E-state index in [4.69, 9.17) is 5.73 Å². The van der Waals surface area contributed by atoms with Crippen molar-refractivity contribution in [1.82, 2.24) is 9.88 Å². The molecule has 1 saturated heterocycles. The number of benzene rings is 1. The van der Waals surface area contributed by atoms with Gasteiger partial charge in [0.05, 0.1) is 22.2 Å². The molecule has 8 heteroatoms. The molecule has 0 unspecified atom stereocenters. The Morgan fingerprint density at radius 2 is 1.79 bits per heavy atom. The Balaban J connectivity index is 2.05. The van der Waals surface area contributed by atoms with Crippen molar-refractivity contribution in [1.29, 1.82) is 0 Å². The van der Waals surface area contributed by atoms with Gasteiger partial charge in [0.25, 0.3) is 0 Å². The summed E-state index contributed by atoms with van der Waals surface area (Å²) >= 11 is 0. The summed E-state index contributed by atoms with van der Waals surface area (Å²) in [6.07, 6.45) is 3.02. The number of anilines is 2. The molecule has 1 aliphatic heterocycles.